The molecule has 0 bridgehead atoms. The molecule has 2 rings (SSSR count). The zero-order valence-corrected chi connectivity index (χ0v) is 10.4. The molecule has 0 saturated heterocycles. The van der Waals surface area contributed by atoms with E-state index in [0.29, 0.717) is 5.56 Å². The summed E-state index contributed by atoms with van der Waals surface area (Å²) >= 11 is 3.47. The van der Waals surface area contributed by atoms with Crippen molar-refractivity contribution in [2.24, 2.45) is 0 Å². The van der Waals surface area contributed by atoms with Gasteiger partial charge in [-0.2, -0.15) is 0 Å². The number of benzene rings is 2. The predicted molar refractivity (Wildman–Crippen MR) is 68.0 cm³/mol. The van der Waals surface area contributed by atoms with Gasteiger partial charge in [0.05, 0.1) is 5.56 Å². The normalized spacial score (nSPS) is 10.6. The third-order valence-electron chi connectivity index (χ3n) is 2.70. The Morgan fingerprint density at radius 3 is 2.62 bits per heavy atom. The second kappa shape index (κ2) is 4.26. The largest absolute Gasteiger partial charge is 0.478 e. The first-order valence-electron chi connectivity index (χ1n) is 5.08. The number of aromatic carboxylic acids is 1. The van der Waals surface area contributed by atoms with Crippen LogP contribution in [0.5, 0.6) is 0 Å². The maximum atomic E-state index is 11.1. The molecule has 82 valence electrons. The number of aryl methyl sites for hydroxylation is 1. The minimum Gasteiger partial charge on any atom is -0.478 e. The first kappa shape index (κ1) is 11.1. The molecule has 0 saturated carbocycles. The number of carbonyl (C=O) groups is 1. The van der Waals surface area contributed by atoms with Gasteiger partial charge in [-0.15, -0.1) is 0 Å². The number of rotatable bonds is 2. The predicted octanol–water partition coefficient (Wildman–Crippen LogP) is 3.86. The molecule has 0 amide bonds. The second-order valence-corrected chi connectivity index (χ2v) is 4.44. The Morgan fingerprint density at radius 1 is 1.25 bits per heavy atom. The van der Waals surface area contributed by atoms with Gasteiger partial charge in [0.2, 0.25) is 0 Å². The van der Waals surface area contributed by atoms with Gasteiger partial charge in [0.15, 0.2) is 0 Å². The molecule has 0 aliphatic rings. The maximum absolute atomic E-state index is 11.1. The van der Waals surface area contributed by atoms with Crippen LogP contribution in [0.3, 0.4) is 0 Å². The van der Waals surface area contributed by atoms with Gasteiger partial charge in [-0.25, -0.2) is 4.79 Å². The molecular weight excluding hydrogens is 268 g/mol. The van der Waals surface area contributed by atoms with Crippen LogP contribution in [0.25, 0.3) is 10.8 Å². The minimum absolute atomic E-state index is 0.396. The maximum Gasteiger partial charge on any atom is 0.335 e. The molecule has 3 heteroatoms. The van der Waals surface area contributed by atoms with Crippen LogP contribution in [0, 0.1) is 0 Å². The van der Waals surface area contributed by atoms with Crippen molar-refractivity contribution in [3.8, 4) is 0 Å². The van der Waals surface area contributed by atoms with E-state index in [1.165, 1.54) is 0 Å². The number of carboxylic acids is 1. The van der Waals surface area contributed by atoms with E-state index < -0.39 is 5.97 Å². The molecule has 0 heterocycles. The van der Waals surface area contributed by atoms with E-state index in [0.717, 1.165) is 27.2 Å². The minimum atomic E-state index is -0.862. The summed E-state index contributed by atoms with van der Waals surface area (Å²) < 4.78 is 0.997. The molecule has 0 spiro atoms. The summed E-state index contributed by atoms with van der Waals surface area (Å²) in [5.41, 5.74) is 1.29. The summed E-state index contributed by atoms with van der Waals surface area (Å²) in [6.07, 6.45) is 0.718. The highest BCUT2D eigenvalue weighted by molar-refractivity contribution is 9.10. The third kappa shape index (κ3) is 1.71. The van der Waals surface area contributed by atoms with Crippen LogP contribution in [-0.4, -0.2) is 11.1 Å². The Bertz CT molecular complexity index is 561. The topological polar surface area (TPSA) is 37.3 Å². The molecule has 2 nitrogen and oxygen atoms in total. The standard InChI is InChI=1S/C13H11BrO2/c1-2-8-9-4-3-5-12(14)10(9)6-7-11(8)13(15)16/h3-7H,2H2,1H3,(H,15,16). The van der Waals surface area contributed by atoms with E-state index in [9.17, 15) is 4.79 Å². The highest BCUT2D eigenvalue weighted by Crippen LogP contribution is 2.28. The molecule has 0 atom stereocenters. The molecule has 0 unspecified atom stereocenters. The summed E-state index contributed by atoms with van der Waals surface area (Å²) in [4.78, 5) is 11.1. The third-order valence-corrected chi connectivity index (χ3v) is 3.40. The molecule has 0 aliphatic heterocycles. The van der Waals surface area contributed by atoms with Crippen molar-refractivity contribution in [2.75, 3.05) is 0 Å². The van der Waals surface area contributed by atoms with Crippen LogP contribution < -0.4 is 0 Å². The Hall–Kier alpha value is -1.35. The van der Waals surface area contributed by atoms with Crippen molar-refractivity contribution >= 4 is 32.7 Å². The van der Waals surface area contributed by atoms with Gasteiger partial charge in [0.25, 0.3) is 0 Å². The van der Waals surface area contributed by atoms with Crippen LogP contribution in [0.15, 0.2) is 34.8 Å². The van der Waals surface area contributed by atoms with E-state index in [4.69, 9.17) is 5.11 Å². The number of carboxylic acid groups (broad SMARTS) is 1. The monoisotopic (exact) mass is 278 g/mol. The van der Waals surface area contributed by atoms with Crippen molar-refractivity contribution in [2.45, 2.75) is 13.3 Å². The number of hydrogen-bond donors (Lipinski definition) is 1. The van der Waals surface area contributed by atoms with Crippen LogP contribution >= 0.6 is 15.9 Å². The average molecular weight is 279 g/mol. The lowest BCUT2D eigenvalue weighted by atomic mass is 9.97. The van der Waals surface area contributed by atoms with E-state index in [1.54, 1.807) is 6.07 Å². The van der Waals surface area contributed by atoms with Crippen LogP contribution in [0.4, 0.5) is 0 Å². The number of fused-ring (bicyclic) bond motifs is 1. The number of halogens is 1. The fraction of sp³-hybridized carbons (Fsp3) is 0.154. The van der Waals surface area contributed by atoms with Gasteiger partial charge < -0.3 is 5.11 Å². The lowest BCUT2D eigenvalue weighted by Crippen LogP contribution is -2.02. The van der Waals surface area contributed by atoms with Gasteiger partial charge in [-0.3, -0.25) is 0 Å². The van der Waals surface area contributed by atoms with Gasteiger partial charge in [-0.05, 0) is 34.9 Å². The fourth-order valence-corrected chi connectivity index (χ4v) is 2.46. The molecule has 16 heavy (non-hydrogen) atoms. The van der Waals surface area contributed by atoms with E-state index >= 15 is 0 Å². The van der Waals surface area contributed by atoms with Crippen molar-refractivity contribution in [3.05, 3.63) is 45.9 Å². The lowest BCUT2D eigenvalue weighted by molar-refractivity contribution is 0.0696. The fourth-order valence-electron chi connectivity index (χ4n) is 1.96. The molecule has 2 aromatic rings. The average Bonchev–Trinajstić information content (AvgIpc) is 2.27. The highest BCUT2D eigenvalue weighted by atomic mass is 79.9. The first-order chi connectivity index (χ1) is 7.65. The van der Waals surface area contributed by atoms with Crippen LogP contribution in [0.2, 0.25) is 0 Å². The summed E-state index contributed by atoms with van der Waals surface area (Å²) in [5.74, 6) is -0.862. The van der Waals surface area contributed by atoms with Crippen molar-refractivity contribution in [1.29, 1.82) is 0 Å². The molecule has 0 radical (unpaired) electrons. The first-order valence-corrected chi connectivity index (χ1v) is 5.88. The Morgan fingerprint density at radius 2 is 2.00 bits per heavy atom. The summed E-state index contributed by atoms with van der Waals surface area (Å²) in [6, 6.07) is 9.38. The van der Waals surface area contributed by atoms with Crippen LogP contribution in [0.1, 0.15) is 22.8 Å². The van der Waals surface area contributed by atoms with Crippen LogP contribution in [-0.2, 0) is 6.42 Å². The number of hydrogen-bond acceptors (Lipinski definition) is 1. The van der Waals surface area contributed by atoms with Gasteiger partial charge in [0, 0.05) is 4.47 Å². The van der Waals surface area contributed by atoms with E-state index in [2.05, 4.69) is 15.9 Å². The SMILES string of the molecule is CCc1c(C(=O)O)ccc2c(Br)cccc12. The molecule has 0 aliphatic carbocycles. The Balaban J connectivity index is 2.86. The second-order valence-electron chi connectivity index (χ2n) is 3.59. The molecule has 0 aromatic heterocycles. The van der Waals surface area contributed by atoms with E-state index in [-0.39, 0.29) is 0 Å². The van der Waals surface area contributed by atoms with Gasteiger partial charge >= 0.3 is 5.97 Å². The molecule has 0 fully saturated rings. The summed E-state index contributed by atoms with van der Waals surface area (Å²) in [7, 11) is 0. The van der Waals surface area contributed by atoms with Crippen molar-refractivity contribution in [3.63, 3.8) is 0 Å². The van der Waals surface area contributed by atoms with Crippen molar-refractivity contribution < 1.29 is 9.90 Å². The molecular formula is C13H11BrO2. The molecule has 2 aromatic carbocycles. The Labute approximate surface area is 102 Å². The van der Waals surface area contributed by atoms with Crippen molar-refractivity contribution in [1.82, 2.24) is 0 Å². The smallest absolute Gasteiger partial charge is 0.335 e. The quantitative estimate of drug-likeness (QED) is 0.906. The van der Waals surface area contributed by atoms with E-state index in [1.807, 2.05) is 31.2 Å². The Kier molecular flexibility index (Phi) is 2.97. The summed E-state index contributed by atoms with van der Waals surface area (Å²) in [5, 5.41) is 11.2. The zero-order valence-electron chi connectivity index (χ0n) is 8.83. The lowest BCUT2D eigenvalue weighted by Gasteiger charge is -2.09. The highest BCUT2D eigenvalue weighted by Gasteiger charge is 2.12. The molecule has 1 N–H and O–H groups in total. The van der Waals surface area contributed by atoms with Gasteiger partial charge in [0.1, 0.15) is 0 Å². The zero-order chi connectivity index (χ0) is 11.7. The van der Waals surface area contributed by atoms with Gasteiger partial charge in [-0.1, -0.05) is 41.1 Å². The summed E-state index contributed by atoms with van der Waals surface area (Å²) in [6.45, 7) is 1.97.